The number of aromatic nitrogens is 1. The van der Waals surface area contributed by atoms with Gasteiger partial charge >= 0.3 is 5.97 Å². The van der Waals surface area contributed by atoms with E-state index in [4.69, 9.17) is 9.15 Å². The van der Waals surface area contributed by atoms with Gasteiger partial charge in [0.05, 0.1) is 18.8 Å². The van der Waals surface area contributed by atoms with Gasteiger partial charge in [-0.1, -0.05) is 63.6 Å². The van der Waals surface area contributed by atoms with Crippen LogP contribution in [0.3, 0.4) is 0 Å². The number of nitrogens with one attached hydrogen (secondary N) is 1. The molecular formula is C34H44N4O6. The molecule has 0 saturated heterocycles. The second kappa shape index (κ2) is 15.0. The minimum Gasteiger partial charge on any atom is -0.459 e. The number of esters is 1. The lowest BCUT2D eigenvalue weighted by Gasteiger charge is -2.26. The van der Waals surface area contributed by atoms with E-state index >= 15 is 0 Å². The number of fused-ring (bicyclic) bond motifs is 2. The maximum absolute atomic E-state index is 13.2. The van der Waals surface area contributed by atoms with Gasteiger partial charge in [0.2, 0.25) is 5.91 Å². The van der Waals surface area contributed by atoms with Gasteiger partial charge in [-0.05, 0) is 44.0 Å². The number of carbonyl (C=O) groups is 3. The number of β-amino-alcohol motifs (C(OH)–C–C–N with tert-alkyl or cyclic N) is 1. The normalized spacial score (nSPS) is 16.6. The van der Waals surface area contributed by atoms with Gasteiger partial charge in [0.1, 0.15) is 11.3 Å². The molecule has 2 amide bonds. The molecule has 10 nitrogen and oxygen atoms in total. The number of amides is 2. The lowest BCUT2D eigenvalue weighted by atomic mass is 10.1. The summed E-state index contributed by atoms with van der Waals surface area (Å²) in [6.45, 7) is 5.46. The highest BCUT2D eigenvalue weighted by atomic mass is 16.5. The minimum absolute atomic E-state index is 0.0608. The summed E-state index contributed by atoms with van der Waals surface area (Å²) >= 11 is 0. The maximum atomic E-state index is 13.2. The number of ether oxygens (including phenoxy) is 1. The van der Waals surface area contributed by atoms with Gasteiger partial charge in [-0.2, -0.15) is 0 Å². The largest absolute Gasteiger partial charge is 0.459 e. The van der Waals surface area contributed by atoms with Crippen molar-refractivity contribution in [2.75, 3.05) is 30.5 Å². The highest BCUT2D eigenvalue weighted by Gasteiger charge is 2.39. The Morgan fingerprint density at radius 2 is 1.91 bits per heavy atom. The van der Waals surface area contributed by atoms with Gasteiger partial charge in [-0.15, -0.1) is 0 Å². The fourth-order valence-electron chi connectivity index (χ4n) is 5.16. The molecule has 1 aliphatic rings. The van der Waals surface area contributed by atoms with E-state index < -0.39 is 17.5 Å². The lowest BCUT2D eigenvalue weighted by molar-refractivity contribution is -0.145. The fraction of sp³-hybridized carbons (Fsp3) is 0.471. The number of unbranched alkanes of at least 4 members (excludes halogenated alkanes) is 6. The third-order valence-corrected chi connectivity index (χ3v) is 7.93. The number of carbonyl (C=O) groups excluding carboxylic acids is 3. The van der Waals surface area contributed by atoms with E-state index in [9.17, 15) is 19.5 Å². The molecule has 1 unspecified atom stereocenters. The number of furan rings is 1. The number of anilines is 2. The number of hydrogen-bond acceptors (Lipinski definition) is 8. The SMILES string of the molecule is CCCCCCCCCC(=O)OCN1C(=O)C(C)(O)CNc2cc(C=CC(=O)N(C)Cc3oc4ccccc4c3C)cnc21. The molecule has 236 valence electrons. The van der Waals surface area contributed by atoms with E-state index in [0.29, 0.717) is 17.8 Å². The molecule has 0 bridgehead atoms. The molecule has 0 saturated carbocycles. The summed E-state index contributed by atoms with van der Waals surface area (Å²) in [6, 6.07) is 9.50. The van der Waals surface area contributed by atoms with Crippen LogP contribution >= 0.6 is 0 Å². The second-order valence-electron chi connectivity index (χ2n) is 11.7. The van der Waals surface area contributed by atoms with E-state index in [2.05, 4.69) is 17.2 Å². The Morgan fingerprint density at radius 1 is 1.18 bits per heavy atom. The predicted molar refractivity (Wildman–Crippen MR) is 171 cm³/mol. The zero-order chi connectivity index (χ0) is 31.7. The van der Waals surface area contributed by atoms with Gasteiger partial charge < -0.3 is 24.5 Å². The Balaban J connectivity index is 1.38. The van der Waals surface area contributed by atoms with Crippen molar-refractivity contribution in [2.24, 2.45) is 0 Å². The number of aryl methyl sites for hydroxylation is 1. The highest BCUT2D eigenvalue weighted by molar-refractivity contribution is 6.02. The zero-order valence-corrected chi connectivity index (χ0v) is 26.2. The Hall–Kier alpha value is -4.18. The summed E-state index contributed by atoms with van der Waals surface area (Å²) < 4.78 is 11.4. The van der Waals surface area contributed by atoms with Gasteiger partial charge in [-0.25, -0.2) is 4.98 Å². The van der Waals surface area contributed by atoms with Crippen molar-refractivity contribution < 1.29 is 28.6 Å². The first-order chi connectivity index (χ1) is 21.1. The molecule has 0 fully saturated rings. The third-order valence-electron chi connectivity index (χ3n) is 7.93. The number of pyridine rings is 1. The molecular weight excluding hydrogens is 560 g/mol. The van der Waals surface area contributed by atoms with Crippen molar-refractivity contribution >= 4 is 46.3 Å². The van der Waals surface area contributed by atoms with Crippen LogP contribution in [-0.4, -0.2) is 58.7 Å². The number of likely N-dealkylation sites (N-methyl/N-ethyl adjacent to an activating group) is 1. The molecule has 4 rings (SSSR count). The molecule has 2 N–H and O–H groups in total. The Labute approximate surface area is 259 Å². The first kappa shape index (κ1) is 32.7. The molecule has 44 heavy (non-hydrogen) atoms. The first-order valence-corrected chi connectivity index (χ1v) is 15.4. The zero-order valence-electron chi connectivity index (χ0n) is 26.2. The van der Waals surface area contributed by atoms with E-state index in [1.54, 1.807) is 24.1 Å². The smallest absolute Gasteiger partial charge is 0.307 e. The van der Waals surface area contributed by atoms with Crippen LogP contribution in [0.2, 0.25) is 0 Å². The standard InChI is InChI=1S/C34H44N4O6/c1-5-6-7-8-9-10-11-16-31(40)43-23-38-32-27(36-22-34(3,42)33(38)41)19-25(20-35-32)17-18-30(39)37(4)21-29-24(2)26-14-12-13-15-28(26)44-29/h12-15,17-20,36,42H,5-11,16,21-23H2,1-4H3. The Morgan fingerprint density at radius 3 is 2.66 bits per heavy atom. The van der Waals surface area contributed by atoms with Crippen LogP contribution < -0.4 is 10.2 Å². The first-order valence-electron chi connectivity index (χ1n) is 15.4. The molecule has 10 heteroatoms. The fourth-order valence-corrected chi connectivity index (χ4v) is 5.16. The molecule has 3 aromatic rings. The topological polar surface area (TPSA) is 125 Å². The maximum Gasteiger partial charge on any atom is 0.307 e. The average Bonchev–Trinajstić information content (AvgIpc) is 3.28. The monoisotopic (exact) mass is 604 g/mol. The number of aliphatic hydroxyl groups is 1. The molecule has 0 spiro atoms. The molecule has 1 aliphatic heterocycles. The van der Waals surface area contributed by atoms with Gasteiger partial charge in [0, 0.05) is 36.7 Å². The molecule has 0 aliphatic carbocycles. The summed E-state index contributed by atoms with van der Waals surface area (Å²) in [6.07, 6.45) is 12.5. The molecule has 0 radical (unpaired) electrons. The van der Waals surface area contributed by atoms with E-state index in [-0.39, 0.29) is 31.4 Å². The van der Waals surface area contributed by atoms with Crippen LogP contribution in [0.15, 0.2) is 47.0 Å². The third kappa shape index (κ3) is 8.25. The summed E-state index contributed by atoms with van der Waals surface area (Å²) in [7, 11) is 1.70. The summed E-state index contributed by atoms with van der Waals surface area (Å²) in [4.78, 5) is 45.7. The molecule has 1 atom stereocenters. The van der Waals surface area contributed by atoms with Crippen LogP contribution in [0.5, 0.6) is 0 Å². The van der Waals surface area contributed by atoms with Gasteiger partial charge in [0.15, 0.2) is 18.1 Å². The number of benzene rings is 1. The van der Waals surface area contributed by atoms with Crippen molar-refractivity contribution in [2.45, 2.75) is 84.3 Å². The van der Waals surface area contributed by atoms with Crippen LogP contribution in [0.25, 0.3) is 17.0 Å². The highest BCUT2D eigenvalue weighted by Crippen LogP contribution is 2.31. The molecule has 2 aromatic heterocycles. The summed E-state index contributed by atoms with van der Waals surface area (Å²) in [5, 5.41) is 14.9. The minimum atomic E-state index is -1.74. The number of rotatable bonds is 14. The van der Waals surface area contributed by atoms with E-state index in [1.165, 1.54) is 49.8 Å². The molecule has 3 heterocycles. The van der Waals surface area contributed by atoms with Crippen molar-refractivity contribution in [1.82, 2.24) is 9.88 Å². The van der Waals surface area contributed by atoms with Crippen LogP contribution in [0.1, 0.15) is 82.1 Å². The van der Waals surface area contributed by atoms with Crippen LogP contribution in [0.4, 0.5) is 11.5 Å². The number of nitrogens with zero attached hydrogens (tertiary/aromatic N) is 3. The van der Waals surface area contributed by atoms with Crippen molar-refractivity contribution in [3.63, 3.8) is 0 Å². The quantitative estimate of drug-likeness (QED) is 0.131. The van der Waals surface area contributed by atoms with Crippen LogP contribution in [-0.2, 0) is 25.7 Å². The number of para-hydroxylation sites is 1. The summed E-state index contributed by atoms with van der Waals surface area (Å²) in [5.41, 5.74) is 1.13. The van der Waals surface area contributed by atoms with Crippen molar-refractivity contribution in [1.29, 1.82) is 0 Å². The Bertz CT molecular complexity index is 1490. The summed E-state index contributed by atoms with van der Waals surface area (Å²) in [5.74, 6) is -0.283. The van der Waals surface area contributed by atoms with Crippen molar-refractivity contribution in [3.8, 4) is 0 Å². The Kier molecular flexibility index (Phi) is 11.2. The number of hydrogen-bond donors (Lipinski definition) is 2. The van der Waals surface area contributed by atoms with Gasteiger partial charge in [-0.3, -0.25) is 19.3 Å². The van der Waals surface area contributed by atoms with E-state index in [1.807, 2.05) is 31.2 Å². The molecule has 1 aromatic carbocycles. The van der Waals surface area contributed by atoms with Crippen LogP contribution in [0, 0.1) is 6.92 Å². The van der Waals surface area contributed by atoms with Crippen molar-refractivity contribution in [3.05, 3.63) is 59.5 Å². The predicted octanol–water partition coefficient (Wildman–Crippen LogP) is 5.96. The average molecular weight is 605 g/mol. The van der Waals surface area contributed by atoms with Gasteiger partial charge in [0.25, 0.3) is 5.91 Å². The lowest BCUT2D eigenvalue weighted by Crippen LogP contribution is -2.50. The second-order valence-corrected chi connectivity index (χ2v) is 11.7. The van der Waals surface area contributed by atoms with E-state index in [0.717, 1.165) is 41.6 Å².